The number of aromatic nitrogens is 2. The molecular weight excluding hydrogens is 344 g/mol. The first kappa shape index (κ1) is 18.9. The summed E-state index contributed by atoms with van der Waals surface area (Å²) in [4.78, 5) is 30.8. The molecule has 7 nitrogen and oxygen atoms in total. The maximum absolute atomic E-state index is 12.8. The van der Waals surface area contributed by atoms with Crippen molar-refractivity contribution in [1.29, 1.82) is 0 Å². The first-order valence-corrected chi connectivity index (χ1v) is 9.35. The van der Waals surface area contributed by atoms with Crippen LogP contribution in [0.15, 0.2) is 24.3 Å². The van der Waals surface area contributed by atoms with Gasteiger partial charge in [-0.2, -0.15) is 0 Å². The predicted octanol–water partition coefficient (Wildman–Crippen LogP) is 2.04. The monoisotopic (exact) mass is 370 g/mol. The number of imidazole rings is 1. The van der Waals surface area contributed by atoms with Gasteiger partial charge in [0.2, 0.25) is 5.91 Å². The number of amides is 2. The van der Waals surface area contributed by atoms with Crippen molar-refractivity contribution in [3.8, 4) is 5.75 Å². The third kappa shape index (κ3) is 4.13. The van der Waals surface area contributed by atoms with Crippen LogP contribution in [0.5, 0.6) is 5.75 Å². The van der Waals surface area contributed by atoms with Crippen LogP contribution in [0.2, 0.25) is 0 Å². The molecule has 2 aromatic rings. The van der Waals surface area contributed by atoms with Crippen LogP contribution in [0.4, 0.5) is 0 Å². The number of rotatable bonds is 6. The summed E-state index contributed by atoms with van der Waals surface area (Å²) in [7, 11) is 1.93. The van der Waals surface area contributed by atoms with Crippen LogP contribution in [0.25, 0.3) is 0 Å². The Balaban J connectivity index is 1.70. The van der Waals surface area contributed by atoms with Gasteiger partial charge in [0.1, 0.15) is 11.6 Å². The summed E-state index contributed by atoms with van der Waals surface area (Å²) in [5.41, 5.74) is 2.69. The van der Waals surface area contributed by atoms with Gasteiger partial charge in [-0.25, -0.2) is 4.98 Å². The minimum absolute atomic E-state index is 0.00303. The lowest BCUT2D eigenvalue weighted by Crippen LogP contribution is -2.36. The number of carbonyl (C=O) groups excluding carboxylic acids is 2. The number of fused-ring (bicyclic) bond motifs is 1. The van der Waals surface area contributed by atoms with Gasteiger partial charge in [-0.1, -0.05) is 6.92 Å². The second kappa shape index (κ2) is 8.24. The van der Waals surface area contributed by atoms with Crippen molar-refractivity contribution < 1.29 is 14.3 Å². The number of hydrogen-bond donors (Lipinski definition) is 1. The smallest absolute Gasteiger partial charge is 0.254 e. The third-order valence-corrected chi connectivity index (χ3v) is 4.81. The van der Waals surface area contributed by atoms with E-state index in [-0.39, 0.29) is 11.8 Å². The number of hydrogen-bond acceptors (Lipinski definition) is 4. The molecule has 0 spiro atoms. The number of nitrogens with one attached hydrogen (secondary N) is 1. The van der Waals surface area contributed by atoms with Crippen LogP contribution in [0, 0.1) is 0 Å². The van der Waals surface area contributed by atoms with Crippen molar-refractivity contribution in [1.82, 2.24) is 19.8 Å². The molecule has 1 N–H and O–H groups in total. The normalized spacial score (nSPS) is 13.2. The Morgan fingerprint density at radius 2 is 1.96 bits per heavy atom. The lowest BCUT2D eigenvalue weighted by Gasteiger charge is -2.27. The molecule has 0 radical (unpaired) electrons. The predicted molar refractivity (Wildman–Crippen MR) is 101 cm³/mol. The molecule has 27 heavy (non-hydrogen) atoms. The third-order valence-electron chi connectivity index (χ3n) is 4.81. The Morgan fingerprint density at radius 3 is 2.63 bits per heavy atom. The fourth-order valence-corrected chi connectivity index (χ4v) is 3.22. The molecule has 0 saturated carbocycles. The average molecular weight is 370 g/mol. The largest absolute Gasteiger partial charge is 0.494 e. The van der Waals surface area contributed by atoms with E-state index in [0.717, 1.165) is 23.0 Å². The molecule has 144 valence electrons. The zero-order chi connectivity index (χ0) is 19.4. The summed E-state index contributed by atoms with van der Waals surface area (Å²) in [5.74, 6) is 1.59. The fourth-order valence-electron chi connectivity index (χ4n) is 3.22. The number of nitrogens with zero attached hydrogens (tertiary/aromatic N) is 3. The van der Waals surface area contributed by atoms with Crippen LogP contribution >= 0.6 is 0 Å². The van der Waals surface area contributed by atoms with Crippen LogP contribution in [-0.2, 0) is 31.4 Å². The Labute approximate surface area is 159 Å². The molecule has 0 atom stereocenters. The Hall–Kier alpha value is -2.83. The van der Waals surface area contributed by atoms with Gasteiger partial charge in [-0.3, -0.25) is 9.59 Å². The van der Waals surface area contributed by atoms with Crippen molar-refractivity contribution in [2.45, 2.75) is 39.8 Å². The minimum Gasteiger partial charge on any atom is -0.494 e. The molecule has 0 fully saturated rings. The highest BCUT2D eigenvalue weighted by Crippen LogP contribution is 2.22. The first-order valence-electron chi connectivity index (χ1n) is 9.35. The van der Waals surface area contributed by atoms with Crippen LogP contribution in [0.1, 0.15) is 47.8 Å². The van der Waals surface area contributed by atoms with Crippen molar-refractivity contribution in [3.05, 3.63) is 47.0 Å². The highest BCUT2D eigenvalue weighted by Gasteiger charge is 2.26. The summed E-state index contributed by atoms with van der Waals surface area (Å²) in [6.45, 7) is 5.92. The topological polar surface area (TPSA) is 76.5 Å². The van der Waals surface area contributed by atoms with Crippen LogP contribution in [0.3, 0.4) is 0 Å². The molecule has 1 aromatic heterocycles. The summed E-state index contributed by atoms with van der Waals surface area (Å²) >= 11 is 0. The number of carbonyl (C=O) groups is 2. The lowest BCUT2D eigenvalue weighted by molar-refractivity contribution is -0.120. The first-order chi connectivity index (χ1) is 13.0. The zero-order valence-electron chi connectivity index (χ0n) is 16.1. The highest BCUT2D eigenvalue weighted by atomic mass is 16.5. The van der Waals surface area contributed by atoms with E-state index in [2.05, 4.69) is 10.3 Å². The Kier molecular flexibility index (Phi) is 5.78. The van der Waals surface area contributed by atoms with Gasteiger partial charge in [0.15, 0.2) is 0 Å². The molecule has 0 bridgehead atoms. The van der Waals surface area contributed by atoms with Crippen molar-refractivity contribution in [3.63, 3.8) is 0 Å². The summed E-state index contributed by atoms with van der Waals surface area (Å²) in [6, 6.07) is 7.25. The van der Waals surface area contributed by atoms with Crippen molar-refractivity contribution >= 4 is 11.8 Å². The van der Waals surface area contributed by atoms with E-state index in [1.807, 2.05) is 42.5 Å². The maximum Gasteiger partial charge on any atom is 0.254 e. The van der Waals surface area contributed by atoms with Gasteiger partial charge in [0.25, 0.3) is 5.91 Å². The molecule has 0 aliphatic carbocycles. The molecule has 3 rings (SSSR count). The fraction of sp³-hybridized carbons (Fsp3) is 0.450. The molecule has 1 aliphatic rings. The van der Waals surface area contributed by atoms with E-state index in [0.29, 0.717) is 44.6 Å². The van der Waals surface area contributed by atoms with Gasteiger partial charge in [-0.15, -0.1) is 0 Å². The van der Waals surface area contributed by atoms with Crippen LogP contribution in [-0.4, -0.2) is 39.4 Å². The molecule has 1 aliphatic heterocycles. The summed E-state index contributed by atoms with van der Waals surface area (Å²) in [6.07, 6.45) is 1.17. The van der Waals surface area contributed by atoms with Gasteiger partial charge >= 0.3 is 0 Å². The number of ether oxygens (including phenoxy) is 1. The second-order valence-electron chi connectivity index (χ2n) is 6.54. The van der Waals surface area contributed by atoms with E-state index < -0.39 is 0 Å². The Bertz CT molecular complexity index is 826. The zero-order valence-corrected chi connectivity index (χ0v) is 16.1. The van der Waals surface area contributed by atoms with E-state index in [9.17, 15) is 9.59 Å². The van der Waals surface area contributed by atoms with Crippen molar-refractivity contribution in [2.75, 3.05) is 13.2 Å². The molecule has 0 saturated heterocycles. The molecule has 1 aromatic carbocycles. The van der Waals surface area contributed by atoms with Gasteiger partial charge < -0.3 is 19.5 Å². The molecule has 0 unspecified atom stereocenters. The van der Waals surface area contributed by atoms with E-state index in [1.165, 1.54) is 0 Å². The molecular formula is C20H26N4O3. The van der Waals surface area contributed by atoms with E-state index >= 15 is 0 Å². The molecule has 2 heterocycles. The number of benzene rings is 1. The lowest BCUT2D eigenvalue weighted by atomic mass is 10.1. The van der Waals surface area contributed by atoms with Gasteiger partial charge in [0.05, 0.1) is 31.1 Å². The quantitative estimate of drug-likeness (QED) is 0.844. The SMILES string of the molecule is CCOc1ccc(C(=O)N2CCc3nc(CNC(=O)CC)n(C)c3C2)cc1. The molecule has 7 heteroatoms. The van der Waals surface area contributed by atoms with E-state index in [4.69, 9.17) is 4.74 Å². The second-order valence-corrected chi connectivity index (χ2v) is 6.54. The van der Waals surface area contributed by atoms with Crippen LogP contribution < -0.4 is 10.1 Å². The van der Waals surface area contributed by atoms with E-state index in [1.54, 1.807) is 12.1 Å². The Morgan fingerprint density at radius 1 is 1.22 bits per heavy atom. The molecule has 2 amide bonds. The highest BCUT2D eigenvalue weighted by molar-refractivity contribution is 5.94. The maximum atomic E-state index is 12.8. The summed E-state index contributed by atoms with van der Waals surface area (Å²) < 4.78 is 7.42. The average Bonchev–Trinajstić information content (AvgIpc) is 3.01. The standard InChI is InChI=1S/C20H26N4O3/c1-4-19(25)21-12-18-22-16-10-11-24(13-17(16)23(18)3)20(26)14-6-8-15(9-7-14)27-5-2/h6-9H,4-5,10-13H2,1-3H3,(H,21,25). The van der Waals surface area contributed by atoms with Gasteiger partial charge in [0, 0.05) is 32.0 Å². The van der Waals surface area contributed by atoms with Gasteiger partial charge in [-0.05, 0) is 31.2 Å². The minimum atomic E-state index is 0.00303. The summed E-state index contributed by atoms with van der Waals surface area (Å²) in [5, 5.41) is 2.86. The van der Waals surface area contributed by atoms with Crippen molar-refractivity contribution in [2.24, 2.45) is 7.05 Å².